The maximum Gasteiger partial charge on any atom is 0.300 e. The van der Waals surface area contributed by atoms with E-state index in [0.717, 1.165) is 11.6 Å². The maximum absolute atomic E-state index is 12.3. The van der Waals surface area contributed by atoms with Gasteiger partial charge < -0.3 is 5.32 Å². The fraction of sp³-hybridized carbons (Fsp3) is 0. The van der Waals surface area contributed by atoms with Crippen LogP contribution in [0.15, 0.2) is 55.0 Å². The van der Waals surface area contributed by atoms with E-state index < -0.39 is 10.8 Å². The summed E-state index contributed by atoms with van der Waals surface area (Å²) >= 11 is 0. The molecule has 0 saturated carbocycles. The van der Waals surface area contributed by atoms with E-state index in [-0.39, 0.29) is 11.3 Å². The van der Waals surface area contributed by atoms with Crippen LogP contribution in [0, 0.1) is 10.1 Å². The number of anilines is 1. The summed E-state index contributed by atoms with van der Waals surface area (Å²) < 4.78 is 0. The Morgan fingerprint density at radius 1 is 1.14 bits per heavy atom. The number of hydrogen-bond acceptors (Lipinski definition) is 5. The summed E-state index contributed by atoms with van der Waals surface area (Å²) in [5.74, 6) is -0.577. The van der Waals surface area contributed by atoms with Crippen molar-refractivity contribution in [2.24, 2.45) is 0 Å². The van der Waals surface area contributed by atoms with Gasteiger partial charge in [-0.15, -0.1) is 0 Å². The van der Waals surface area contributed by atoms with Gasteiger partial charge in [-0.3, -0.25) is 24.9 Å². The summed E-state index contributed by atoms with van der Waals surface area (Å²) in [4.78, 5) is 30.5. The highest BCUT2D eigenvalue weighted by Gasteiger charge is 2.20. The maximum atomic E-state index is 12.3. The predicted octanol–water partition coefficient (Wildman–Crippen LogP) is 2.79. The van der Waals surface area contributed by atoms with Gasteiger partial charge in [0.15, 0.2) is 0 Å². The Balaban J connectivity index is 1.99. The van der Waals surface area contributed by atoms with Gasteiger partial charge >= 0.3 is 0 Å². The minimum Gasteiger partial charge on any atom is -0.320 e. The highest BCUT2D eigenvalue weighted by atomic mass is 16.6. The Labute approximate surface area is 124 Å². The molecule has 3 aromatic rings. The van der Waals surface area contributed by atoms with Crippen molar-refractivity contribution < 1.29 is 9.72 Å². The van der Waals surface area contributed by atoms with E-state index in [1.165, 1.54) is 12.3 Å². The van der Waals surface area contributed by atoms with Crippen molar-refractivity contribution in [1.82, 2.24) is 9.97 Å². The van der Waals surface area contributed by atoms with Gasteiger partial charge in [0.2, 0.25) is 0 Å². The lowest BCUT2D eigenvalue weighted by Crippen LogP contribution is -2.14. The Morgan fingerprint density at radius 2 is 1.95 bits per heavy atom. The first-order chi connectivity index (χ1) is 10.7. The van der Waals surface area contributed by atoms with Gasteiger partial charge in [-0.25, -0.2) is 0 Å². The molecule has 7 heteroatoms. The zero-order chi connectivity index (χ0) is 15.5. The molecule has 0 aliphatic carbocycles. The number of benzene rings is 1. The first-order valence-electron chi connectivity index (χ1n) is 6.40. The molecule has 0 spiro atoms. The van der Waals surface area contributed by atoms with E-state index in [4.69, 9.17) is 0 Å². The second-order valence-electron chi connectivity index (χ2n) is 4.48. The van der Waals surface area contributed by atoms with Gasteiger partial charge in [-0.05, 0) is 18.2 Å². The van der Waals surface area contributed by atoms with Crippen LogP contribution in [0.25, 0.3) is 10.9 Å². The number of para-hydroxylation sites is 1. The van der Waals surface area contributed by atoms with Crippen molar-refractivity contribution in [1.29, 1.82) is 0 Å². The van der Waals surface area contributed by atoms with Crippen LogP contribution in [0.1, 0.15) is 10.4 Å². The Hall–Kier alpha value is -3.35. The van der Waals surface area contributed by atoms with Crippen LogP contribution in [0.3, 0.4) is 0 Å². The molecular weight excluding hydrogens is 284 g/mol. The van der Waals surface area contributed by atoms with Crippen molar-refractivity contribution in [2.45, 2.75) is 0 Å². The predicted molar refractivity (Wildman–Crippen MR) is 80.6 cm³/mol. The first-order valence-corrected chi connectivity index (χ1v) is 6.40. The number of carbonyl (C=O) groups is 1. The van der Waals surface area contributed by atoms with Crippen LogP contribution in [-0.2, 0) is 0 Å². The van der Waals surface area contributed by atoms with Gasteiger partial charge in [0.1, 0.15) is 11.8 Å². The Kier molecular flexibility index (Phi) is 3.45. The van der Waals surface area contributed by atoms with Gasteiger partial charge in [0.05, 0.1) is 16.1 Å². The number of amides is 1. The molecule has 22 heavy (non-hydrogen) atoms. The summed E-state index contributed by atoms with van der Waals surface area (Å²) in [5, 5.41) is 14.5. The molecule has 1 amide bonds. The minimum atomic E-state index is -0.636. The minimum absolute atomic E-state index is 0.0482. The SMILES string of the molecule is O=C(Nc1cccc2cccnc12)c1ccncc1[N+](=O)[O-]. The zero-order valence-electron chi connectivity index (χ0n) is 11.3. The molecule has 108 valence electrons. The monoisotopic (exact) mass is 294 g/mol. The molecule has 0 unspecified atom stereocenters. The summed E-state index contributed by atoms with van der Waals surface area (Å²) in [7, 11) is 0. The highest BCUT2D eigenvalue weighted by Crippen LogP contribution is 2.23. The summed E-state index contributed by atoms with van der Waals surface area (Å²) in [5.41, 5.74) is 0.727. The lowest BCUT2D eigenvalue weighted by Gasteiger charge is -2.08. The van der Waals surface area contributed by atoms with Crippen LogP contribution >= 0.6 is 0 Å². The van der Waals surface area contributed by atoms with Crippen molar-refractivity contribution in [3.05, 3.63) is 70.7 Å². The third-order valence-electron chi connectivity index (χ3n) is 3.12. The number of hydrogen-bond donors (Lipinski definition) is 1. The second kappa shape index (κ2) is 5.57. The summed E-state index contributed by atoms with van der Waals surface area (Å²) in [6, 6.07) is 10.3. The van der Waals surface area contributed by atoms with Crippen LogP contribution < -0.4 is 5.32 Å². The van der Waals surface area contributed by atoms with E-state index in [1.807, 2.05) is 12.1 Å². The topological polar surface area (TPSA) is 98.0 Å². The number of carbonyl (C=O) groups excluding carboxylic acids is 1. The quantitative estimate of drug-likeness (QED) is 0.591. The zero-order valence-corrected chi connectivity index (χ0v) is 11.3. The molecular formula is C15H10N4O3. The normalized spacial score (nSPS) is 10.4. The van der Waals surface area contributed by atoms with Gasteiger partial charge in [0, 0.05) is 17.8 Å². The summed E-state index contributed by atoms with van der Waals surface area (Å²) in [6.07, 6.45) is 4.01. The number of fused-ring (bicyclic) bond motifs is 1. The Bertz CT molecular complexity index is 874. The third-order valence-corrected chi connectivity index (χ3v) is 3.12. The molecule has 3 rings (SSSR count). The van der Waals surface area contributed by atoms with Crippen molar-refractivity contribution >= 4 is 28.2 Å². The van der Waals surface area contributed by atoms with Crippen molar-refractivity contribution in [3.8, 4) is 0 Å². The number of aromatic nitrogens is 2. The highest BCUT2D eigenvalue weighted by molar-refractivity contribution is 6.10. The molecule has 0 fully saturated rings. The molecule has 2 heterocycles. The largest absolute Gasteiger partial charge is 0.320 e. The molecule has 0 radical (unpaired) electrons. The molecule has 0 aliphatic heterocycles. The Morgan fingerprint density at radius 3 is 2.77 bits per heavy atom. The van der Waals surface area contributed by atoms with Gasteiger partial charge in [-0.1, -0.05) is 18.2 Å². The van der Waals surface area contributed by atoms with E-state index in [2.05, 4.69) is 15.3 Å². The van der Waals surface area contributed by atoms with Crippen molar-refractivity contribution in [2.75, 3.05) is 5.32 Å². The first kappa shape index (κ1) is 13.6. The van der Waals surface area contributed by atoms with Crippen LogP contribution in [0.4, 0.5) is 11.4 Å². The van der Waals surface area contributed by atoms with Crippen LogP contribution in [-0.4, -0.2) is 20.8 Å². The van der Waals surface area contributed by atoms with Crippen LogP contribution in [0.5, 0.6) is 0 Å². The average Bonchev–Trinajstić information content (AvgIpc) is 2.55. The molecule has 0 saturated heterocycles. The number of nitrogens with one attached hydrogen (secondary N) is 1. The molecule has 0 aliphatic rings. The average molecular weight is 294 g/mol. The fourth-order valence-corrected chi connectivity index (χ4v) is 2.12. The summed E-state index contributed by atoms with van der Waals surface area (Å²) in [6.45, 7) is 0. The number of pyridine rings is 2. The van der Waals surface area contributed by atoms with Crippen LogP contribution in [0.2, 0.25) is 0 Å². The number of rotatable bonds is 3. The lowest BCUT2D eigenvalue weighted by molar-refractivity contribution is -0.385. The van der Waals surface area contributed by atoms with E-state index >= 15 is 0 Å². The molecule has 0 atom stereocenters. The molecule has 1 N–H and O–H groups in total. The van der Waals surface area contributed by atoms with Gasteiger partial charge in [-0.2, -0.15) is 0 Å². The molecule has 1 aromatic carbocycles. The number of nitrogens with zero attached hydrogens (tertiary/aromatic N) is 3. The van der Waals surface area contributed by atoms with Gasteiger partial charge in [0.25, 0.3) is 11.6 Å². The third kappa shape index (κ3) is 2.47. The second-order valence-corrected chi connectivity index (χ2v) is 4.48. The standard InChI is InChI=1S/C15H10N4O3/c20-15(11-6-8-16-9-13(11)19(21)22)18-12-5-1-3-10-4-2-7-17-14(10)12/h1-9H,(H,18,20). The van der Waals surface area contributed by atoms with Crippen molar-refractivity contribution in [3.63, 3.8) is 0 Å². The van der Waals surface area contributed by atoms with E-state index in [1.54, 1.807) is 24.4 Å². The van der Waals surface area contributed by atoms with E-state index in [0.29, 0.717) is 11.2 Å². The number of nitro groups is 1. The molecule has 2 aromatic heterocycles. The molecule has 7 nitrogen and oxygen atoms in total. The molecule has 0 bridgehead atoms. The van der Waals surface area contributed by atoms with E-state index in [9.17, 15) is 14.9 Å². The fourth-order valence-electron chi connectivity index (χ4n) is 2.12. The smallest absolute Gasteiger partial charge is 0.300 e. The lowest BCUT2D eigenvalue weighted by atomic mass is 10.1.